The first-order chi connectivity index (χ1) is 11.1. The Labute approximate surface area is 142 Å². The van der Waals surface area contributed by atoms with E-state index in [-0.39, 0.29) is 6.54 Å². The van der Waals surface area contributed by atoms with Crippen LogP contribution in [-0.2, 0) is 9.31 Å². The molecule has 0 unspecified atom stereocenters. The lowest BCUT2D eigenvalue weighted by atomic mass is 9.79. The molecule has 0 bridgehead atoms. The zero-order valence-corrected chi connectivity index (χ0v) is 14.5. The van der Waals surface area contributed by atoms with Gasteiger partial charge in [0, 0.05) is 12.2 Å². The van der Waals surface area contributed by atoms with Crippen molar-refractivity contribution in [2.45, 2.75) is 45.0 Å². The van der Waals surface area contributed by atoms with Crippen molar-refractivity contribution in [1.29, 1.82) is 0 Å². The van der Waals surface area contributed by atoms with Gasteiger partial charge < -0.3 is 30.2 Å². The summed E-state index contributed by atoms with van der Waals surface area (Å²) in [6.45, 7) is 7.56. The molecule has 1 atom stereocenters. The molecule has 1 fully saturated rings. The third-order valence-corrected chi connectivity index (χ3v) is 4.40. The second kappa shape index (κ2) is 7.10. The molecule has 1 saturated heterocycles. The van der Waals surface area contributed by atoms with Crippen molar-refractivity contribution < 1.29 is 24.3 Å². The number of amides is 2. The summed E-state index contributed by atoms with van der Waals surface area (Å²) in [4.78, 5) is 11.7. The molecule has 2 amide bonds. The molecule has 2 rings (SSSR count). The number of hydrogen-bond donors (Lipinski definition) is 4. The lowest BCUT2D eigenvalue weighted by Crippen LogP contribution is -2.41. The fraction of sp³-hybridized carbons (Fsp3) is 0.562. The van der Waals surface area contributed by atoms with Crippen molar-refractivity contribution in [2.24, 2.45) is 0 Å². The molecule has 1 aromatic rings. The summed E-state index contributed by atoms with van der Waals surface area (Å²) < 4.78 is 11.9. The highest BCUT2D eigenvalue weighted by atomic mass is 16.7. The summed E-state index contributed by atoms with van der Waals surface area (Å²) in [6.07, 6.45) is -0.971. The van der Waals surface area contributed by atoms with Gasteiger partial charge in [0.25, 0.3) is 0 Å². The molecule has 8 heteroatoms. The first-order valence-corrected chi connectivity index (χ1v) is 7.94. The summed E-state index contributed by atoms with van der Waals surface area (Å²) in [7, 11) is -0.447. The minimum atomic E-state index is -0.971. The van der Waals surface area contributed by atoms with Crippen LogP contribution in [-0.4, -0.2) is 53.8 Å². The van der Waals surface area contributed by atoms with Crippen molar-refractivity contribution in [2.75, 3.05) is 18.5 Å². The number of urea groups is 1. The number of carbonyl (C=O) groups is 1. The van der Waals surface area contributed by atoms with Gasteiger partial charge in [0.2, 0.25) is 0 Å². The molecule has 24 heavy (non-hydrogen) atoms. The smallest absolute Gasteiger partial charge is 0.399 e. The van der Waals surface area contributed by atoms with E-state index in [4.69, 9.17) is 14.4 Å². The third-order valence-electron chi connectivity index (χ3n) is 4.40. The molecule has 7 nitrogen and oxygen atoms in total. The zero-order valence-electron chi connectivity index (χ0n) is 14.5. The van der Waals surface area contributed by atoms with Crippen LogP contribution in [0.4, 0.5) is 10.5 Å². The lowest BCUT2D eigenvalue weighted by molar-refractivity contribution is 0.00578. The van der Waals surface area contributed by atoms with E-state index in [1.807, 2.05) is 39.8 Å². The molecule has 0 saturated carbocycles. The van der Waals surface area contributed by atoms with E-state index in [0.717, 1.165) is 5.46 Å². The van der Waals surface area contributed by atoms with Crippen molar-refractivity contribution in [3.8, 4) is 0 Å². The van der Waals surface area contributed by atoms with E-state index in [1.165, 1.54) is 0 Å². The quantitative estimate of drug-likeness (QED) is 0.586. The highest BCUT2D eigenvalue weighted by Crippen LogP contribution is 2.36. The summed E-state index contributed by atoms with van der Waals surface area (Å²) in [5.74, 6) is 0. The zero-order chi connectivity index (χ0) is 18.0. The number of hydrogen-bond acceptors (Lipinski definition) is 5. The molecule has 4 N–H and O–H groups in total. The number of nitrogens with one attached hydrogen (secondary N) is 2. The van der Waals surface area contributed by atoms with Crippen LogP contribution in [0.3, 0.4) is 0 Å². The van der Waals surface area contributed by atoms with Gasteiger partial charge >= 0.3 is 13.1 Å². The number of anilines is 1. The Balaban J connectivity index is 1.93. The summed E-state index contributed by atoms with van der Waals surface area (Å²) >= 11 is 0. The molecular formula is C16H25BN2O5. The topological polar surface area (TPSA) is 100 Å². The largest absolute Gasteiger partial charge is 0.494 e. The minimum Gasteiger partial charge on any atom is -0.399 e. The predicted molar refractivity (Wildman–Crippen MR) is 92.3 cm³/mol. The van der Waals surface area contributed by atoms with Crippen molar-refractivity contribution in [3.05, 3.63) is 24.3 Å². The van der Waals surface area contributed by atoms with Gasteiger partial charge in [-0.15, -0.1) is 0 Å². The van der Waals surface area contributed by atoms with Crippen molar-refractivity contribution in [1.82, 2.24) is 5.32 Å². The molecule has 132 valence electrons. The molecule has 0 aromatic heterocycles. The van der Waals surface area contributed by atoms with E-state index in [9.17, 15) is 9.90 Å². The highest BCUT2D eigenvalue weighted by Gasteiger charge is 2.51. The van der Waals surface area contributed by atoms with Gasteiger partial charge in [-0.25, -0.2) is 4.79 Å². The molecule has 1 heterocycles. The Morgan fingerprint density at radius 1 is 1.17 bits per heavy atom. The van der Waals surface area contributed by atoms with E-state index in [1.54, 1.807) is 12.1 Å². The summed E-state index contributed by atoms with van der Waals surface area (Å²) in [5.41, 5.74) is 0.672. The van der Waals surface area contributed by atoms with Gasteiger partial charge in [-0.05, 0) is 45.3 Å². The second-order valence-electron chi connectivity index (χ2n) is 6.88. The fourth-order valence-electron chi connectivity index (χ4n) is 2.15. The van der Waals surface area contributed by atoms with Gasteiger partial charge in [0.15, 0.2) is 0 Å². The average Bonchev–Trinajstić information content (AvgIpc) is 2.73. The maximum absolute atomic E-state index is 11.7. The van der Waals surface area contributed by atoms with Crippen LogP contribution < -0.4 is 16.1 Å². The minimum absolute atomic E-state index is 0.0195. The first kappa shape index (κ1) is 18.7. The summed E-state index contributed by atoms with van der Waals surface area (Å²) in [5, 5.41) is 23.0. The predicted octanol–water partition coefficient (Wildman–Crippen LogP) is 0.460. The monoisotopic (exact) mass is 336 g/mol. The van der Waals surface area contributed by atoms with Gasteiger partial charge in [-0.2, -0.15) is 0 Å². The van der Waals surface area contributed by atoms with Crippen LogP contribution in [0.15, 0.2) is 24.3 Å². The highest BCUT2D eigenvalue weighted by molar-refractivity contribution is 6.62. The standard InChI is InChI=1S/C16H25BN2O5/c1-15(2)16(3,4)24-17(23-15)11-5-7-12(8-6-11)19-14(22)18-9-13(21)10-20/h5-8,13,20-21H,9-10H2,1-4H3,(H2,18,19,22)/t13-/m1/s1. The number of rotatable bonds is 5. The van der Waals surface area contributed by atoms with Crippen LogP contribution >= 0.6 is 0 Å². The molecule has 0 spiro atoms. The Kier molecular flexibility index (Phi) is 5.54. The fourth-order valence-corrected chi connectivity index (χ4v) is 2.15. The van der Waals surface area contributed by atoms with Gasteiger partial charge in [0.1, 0.15) is 0 Å². The molecule has 1 aromatic carbocycles. The average molecular weight is 336 g/mol. The van der Waals surface area contributed by atoms with E-state index >= 15 is 0 Å². The maximum atomic E-state index is 11.7. The Morgan fingerprint density at radius 3 is 2.21 bits per heavy atom. The van der Waals surface area contributed by atoms with Gasteiger partial charge in [-0.3, -0.25) is 0 Å². The van der Waals surface area contributed by atoms with Crippen molar-refractivity contribution in [3.63, 3.8) is 0 Å². The molecule has 0 aliphatic carbocycles. The van der Waals surface area contributed by atoms with Crippen LogP contribution in [0.5, 0.6) is 0 Å². The number of aliphatic hydroxyl groups is 2. The van der Waals surface area contributed by atoms with Crippen LogP contribution in [0, 0.1) is 0 Å². The van der Waals surface area contributed by atoms with Gasteiger partial charge in [-0.1, -0.05) is 12.1 Å². The normalized spacial score (nSPS) is 19.8. The number of benzene rings is 1. The number of aliphatic hydroxyl groups excluding tert-OH is 2. The SMILES string of the molecule is CC1(C)OB(c2ccc(NC(=O)NC[C@@H](O)CO)cc2)OC1(C)C. The Bertz CT molecular complexity index is 560. The first-order valence-electron chi connectivity index (χ1n) is 7.94. The second-order valence-corrected chi connectivity index (χ2v) is 6.88. The molecule has 1 aliphatic rings. The third kappa shape index (κ3) is 4.27. The maximum Gasteiger partial charge on any atom is 0.494 e. The Hall–Kier alpha value is -1.61. The van der Waals surface area contributed by atoms with Crippen LogP contribution in [0.2, 0.25) is 0 Å². The lowest BCUT2D eigenvalue weighted by Gasteiger charge is -2.32. The molecular weight excluding hydrogens is 311 g/mol. The Morgan fingerprint density at radius 2 is 1.71 bits per heavy atom. The molecule has 1 aliphatic heterocycles. The van der Waals surface area contributed by atoms with Gasteiger partial charge in [0.05, 0.1) is 23.9 Å². The summed E-state index contributed by atoms with van der Waals surface area (Å²) in [6, 6.07) is 6.72. The molecule has 0 radical (unpaired) electrons. The number of carbonyl (C=O) groups excluding carboxylic acids is 1. The van der Waals surface area contributed by atoms with E-state index < -0.39 is 37.1 Å². The van der Waals surface area contributed by atoms with E-state index in [2.05, 4.69) is 10.6 Å². The van der Waals surface area contributed by atoms with Crippen molar-refractivity contribution >= 4 is 24.3 Å². The van der Waals surface area contributed by atoms with Crippen LogP contribution in [0.1, 0.15) is 27.7 Å². The van der Waals surface area contributed by atoms with E-state index in [0.29, 0.717) is 5.69 Å². The van der Waals surface area contributed by atoms with Crippen LogP contribution in [0.25, 0.3) is 0 Å².